The topological polar surface area (TPSA) is 64.4 Å². The third kappa shape index (κ3) is 4.23. The van der Waals surface area contributed by atoms with Crippen LogP contribution in [0.5, 0.6) is 5.75 Å². The maximum Gasteiger partial charge on any atom is 0.267 e. The molecule has 0 atom stereocenters. The smallest absolute Gasteiger partial charge is 0.267 e. The van der Waals surface area contributed by atoms with E-state index in [1.807, 2.05) is 45.0 Å². The van der Waals surface area contributed by atoms with Crippen LogP contribution in [0, 0.1) is 0 Å². The van der Waals surface area contributed by atoms with Crippen molar-refractivity contribution in [3.8, 4) is 11.4 Å². The third-order valence-electron chi connectivity index (χ3n) is 5.55. The van der Waals surface area contributed by atoms with Crippen molar-refractivity contribution in [2.45, 2.75) is 45.2 Å². The first-order chi connectivity index (χ1) is 15.1. The van der Waals surface area contributed by atoms with Gasteiger partial charge in [-0.25, -0.2) is 4.98 Å². The average Bonchev–Trinajstić information content (AvgIpc) is 3.35. The molecule has 1 aromatic carbocycles. The number of carbonyl (C=O) groups excluding carboxylic acids is 1. The second kappa shape index (κ2) is 9.44. The van der Waals surface area contributed by atoms with Gasteiger partial charge in [0.1, 0.15) is 10.6 Å². The van der Waals surface area contributed by atoms with Crippen LogP contribution in [0.2, 0.25) is 0 Å². The first-order valence-electron chi connectivity index (χ1n) is 10.8. The first-order valence-corrected chi connectivity index (χ1v) is 12.6. The van der Waals surface area contributed by atoms with E-state index in [9.17, 15) is 9.59 Å². The number of nitrogens with zero attached hydrogens (tertiary/aromatic N) is 3. The summed E-state index contributed by atoms with van der Waals surface area (Å²) < 4.78 is 7.21. The Labute approximate surface area is 190 Å². The normalized spacial score (nSPS) is 12.9. The molecule has 0 spiro atoms. The molecular weight excluding hydrogens is 430 g/mol. The zero-order valence-electron chi connectivity index (χ0n) is 18.1. The summed E-state index contributed by atoms with van der Waals surface area (Å²) in [5.74, 6) is 1.06. The molecule has 0 saturated carbocycles. The van der Waals surface area contributed by atoms with Crippen molar-refractivity contribution < 1.29 is 9.53 Å². The fraction of sp³-hybridized carbons (Fsp3) is 0.435. The lowest BCUT2D eigenvalue weighted by atomic mass is 10.2. The van der Waals surface area contributed by atoms with Crippen LogP contribution in [0.1, 0.15) is 37.6 Å². The number of rotatable bonds is 8. The minimum atomic E-state index is -0.0497. The number of thioether (sulfide) groups is 1. The van der Waals surface area contributed by atoms with Crippen LogP contribution in [0.4, 0.5) is 0 Å². The second-order valence-electron chi connectivity index (χ2n) is 7.35. The zero-order chi connectivity index (χ0) is 22.0. The van der Waals surface area contributed by atoms with Crippen LogP contribution in [0.25, 0.3) is 15.9 Å². The van der Waals surface area contributed by atoms with E-state index in [-0.39, 0.29) is 17.2 Å². The highest BCUT2D eigenvalue weighted by molar-refractivity contribution is 7.99. The summed E-state index contributed by atoms with van der Waals surface area (Å²) >= 11 is 2.95. The largest absolute Gasteiger partial charge is 0.494 e. The molecule has 6 nitrogen and oxygen atoms in total. The summed E-state index contributed by atoms with van der Waals surface area (Å²) in [4.78, 5) is 35.0. The van der Waals surface area contributed by atoms with Crippen LogP contribution in [0.15, 0.2) is 34.2 Å². The van der Waals surface area contributed by atoms with E-state index in [0.717, 1.165) is 46.5 Å². The van der Waals surface area contributed by atoms with Crippen molar-refractivity contribution in [2.24, 2.45) is 0 Å². The molecule has 1 aliphatic rings. The monoisotopic (exact) mass is 457 g/mol. The highest BCUT2D eigenvalue weighted by Gasteiger charge is 2.24. The Morgan fingerprint density at radius 3 is 2.61 bits per heavy atom. The van der Waals surface area contributed by atoms with Crippen molar-refractivity contribution in [1.82, 2.24) is 14.5 Å². The number of amides is 1. The van der Waals surface area contributed by atoms with Crippen LogP contribution in [-0.2, 0) is 17.6 Å². The molecule has 0 bridgehead atoms. The van der Waals surface area contributed by atoms with Gasteiger partial charge in [-0.3, -0.25) is 14.2 Å². The number of hydrogen-bond acceptors (Lipinski definition) is 6. The zero-order valence-corrected chi connectivity index (χ0v) is 19.8. The molecule has 31 heavy (non-hydrogen) atoms. The molecule has 8 heteroatoms. The lowest BCUT2D eigenvalue weighted by Gasteiger charge is -2.19. The van der Waals surface area contributed by atoms with E-state index in [0.29, 0.717) is 24.9 Å². The highest BCUT2D eigenvalue weighted by atomic mass is 32.2. The first kappa shape index (κ1) is 21.9. The lowest BCUT2D eigenvalue weighted by Crippen LogP contribution is -2.32. The third-order valence-corrected chi connectivity index (χ3v) is 7.66. The van der Waals surface area contributed by atoms with Crippen LogP contribution >= 0.6 is 23.1 Å². The Morgan fingerprint density at radius 2 is 1.94 bits per heavy atom. The number of aromatic nitrogens is 2. The molecule has 0 saturated heterocycles. The van der Waals surface area contributed by atoms with Crippen molar-refractivity contribution in [2.75, 3.05) is 25.4 Å². The molecule has 0 radical (unpaired) electrons. The van der Waals surface area contributed by atoms with Gasteiger partial charge in [-0.15, -0.1) is 11.3 Å². The van der Waals surface area contributed by atoms with Gasteiger partial charge in [-0.1, -0.05) is 11.8 Å². The lowest BCUT2D eigenvalue weighted by molar-refractivity contribution is -0.127. The van der Waals surface area contributed by atoms with Gasteiger partial charge in [0, 0.05) is 18.0 Å². The van der Waals surface area contributed by atoms with Gasteiger partial charge in [0.2, 0.25) is 5.91 Å². The Morgan fingerprint density at radius 1 is 1.19 bits per heavy atom. The van der Waals surface area contributed by atoms with Crippen molar-refractivity contribution in [3.05, 3.63) is 45.1 Å². The van der Waals surface area contributed by atoms with Gasteiger partial charge in [-0.05, 0) is 69.9 Å². The van der Waals surface area contributed by atoms with Crippen molar-refractivity contribution in [1.29, 1.82) is 0 Å². The summed E-state index contributed by atoms with van der Waals surface area (Å²) in [6, 6.07) is 7.48. The fourth-order valence-corrected chi connectivity index (χ4v) is 6.22. The Hall–Kier alpha value is -2.32. The van der Waals surface area contributed by atoms with Crippen LogP contribution in [0.3, 0.4) is 0 Å². The number of thiophene rings is 1. The summed E-state index contributed by atoms with van der Waals surface area (Å²) in [5.41, 5.74) is 1.85. The van der Waals surface area contributed by atoms with E-state index < -0.39 is 0 Å². The molecule has 1 aliphatic carbocycles. The minimum absolute atomic E-state index is 0.0497. The minimum Gasteiger partial charge on any atom is -0.494 e. The second-order valence-corrected chi connectivity index (χ2v) is 9.38. The van der Waals surface area contributed by atoms with E-state index in [1.54, 1.807) is 20.8 Å². The Bertz CT molecular complexity index is 1150. The van der Waals surface area contributed by atoms with Gasteiger partial charge < -0.3 is 9.64 Å². The molecule has 1 amide bonds. The van der Waals surface area contributed by atoms with E-state index >= 15 is 0 Å². The Kier molecular flexibility index (Phi) is 6.67. The number of aryl methyl sites for hydroxylation is 2. The van der Waals surface area contributed by atoms with Gasteiger partial charge >= 0.3 is 0 Å². The molecule has 0 fully saturated rings. The SMILES string of the molecule is CCOc1ccc(-n2c(SCC(=O)N(CC)CC)nc3sc4c(c3c2=O)CCC4)cc1. The van der Waals surface area contributed by atoms with Crippen LogP contribution in [-0.4, -0.2) is 45.8 Å². The van der Waals surface area contributed by atoms with Gasteiger partial charge in [0.05, 0.1) is 23.4 Å². The molecule has 0 aliphatic heterocycles. The predicted octanol–water partition coefficient (Wildman–Crippen LogP) is 4.30. The van der Waals surface area contributed by atoms with E-state index in [4.69, 9.17) is 9.72 Å². The molecule has 2 heterocycles. The molecule has 0 N–H and O–H groups in total. The number of benzene rings is 1. The van der Waals surface area contributed by atoms with Crippen molar-refractivity contribution in [3.63, 3.8) is 0 Å². The predicted molar refractivity (Wildman–Crippen MR) is 127 cm³/mol. The molecule has 164 valence electrons. The average molecular weight is 458 g/mol. The number of fused-ring (bicyclic) bond motifs is 3. The van der Waals surface area contributed by atoms with Crippen LogP contribution < -0.4 is 10.3 Å². The van der Waals surface area contributed by atoms with E-state index in [1.165, 1.54) is 16.6 Å². The summed E-state index contributed by atoms with van der Waals surface area (Å²) in [6.07, 6.45) is 3.04. The standard InChI is InChI=1S/C23H27N3O3S2/c1-4-25(5-2)19(27)14-30-23-24-21-20(17-8-7-9-18(17)31-21)22(28)26(23)15-10-12-16(13-11-15)29-6-3/h10-13H,4-9,14H2,1-3H3. The molecule has 0 unspecified atom stereocenters. The summed E-state index contributed by atoms with van der Waals surface area (Å²) in [7, 11) is 0. The van der Waals surface area contributed by atoms with Crippen molar-refractivity contribution >= 4 is 39.2 Å². The maximum absolute atomic E-state index is 13.7. The number of hydrogen-bond donors (Lipinski definition) is 0. The molecular formula is C23H27N3O3S2. The molecule has 4 rings (SSSR count). The van der Waals surface area contributed by atoms with Gasteiger partial charge in [0.25, 0.3) is 5.56 Å². The molecule has 3 aromatic rings. The number of carbonyl (C=O) groups is 1. The summed E-state index contributed by atoms with van der Waals surface area (Å²) in [5, 5.41) is 1.30. The Balaban J connectivity index is 1.79. The number of ether oxygens (including phenoxy) is 1. The maximum atomic E-state index is 13.7. The molecule has 2 aromatic heterocycles. The van der Waals surface area contributed by atoms with Gasteiger partial charge in [-0.2, -0.15) is 0 Å². The highest BCUT2D eigenvalue weighted by Crippen LogP contribution is 2.36. The quantitative estimate of drug-likeness (QED) is 0.373. The van der Waals surface area contributed by atoms with E-state index in [2.05, 4.69) is 0 Å². The fourth-order valence-electron chi connectivity index (χ4n) is 4.00. The van der Waals surface area contributed by atoms with Gasteiger partial charge in [0.15, 0.2) is 5.16 Å². The summed E-state index contributed by atoms with van der Waals surface area (Å²) in [6.45, 7) is 7.81.